The highest BCUT2D eigenvalue weighted by Crippen LogP contribution is 2.42. The highest BCUT2D eigenvalue weighted by Gasteiger charge is 2.50. The number of methoxy groups -OCH3 is 1. The molecule has 3 nitrogen and oxygen atoms in total. The smallest absolute Gasteiger partial charge is 0.334 e. The van der Waals surface area contributed by atoms with Crippen molar-refractivity contribution in [3.05, 3.63) is 12.2 Å². The third-order valence-electron chi connectivity index (χ3n) is 3.28. The molecule has 2 fully saturated rings. The second kappa shape index (κ2) is 3.39. The van der Waals surface area contributed by atoms with Crippen LogP contribution in [0.25, 0.3) is 0 Å². The molecule has 2 atom stereocenters. The molecule has 0 radical (unpaired) electrons. The van der Waals surface area contributed by atoms with Gasteiger partial charge in [0.15, 0.2) is 0 Å². The molecule has 1 saturated carbocycles. The van der Waals surface area contributed by atoms with Crippen molar-refractivity contribution in [1.82, 2.24) is 0 Å². The molecule has 3 heteroatoms. The first-order valence-corrected chi connectivity index (χ1v) is 5.12. The molecule has 1 spiro atoms. The van der Waals surface area contributed by atoms with Crippen LogP contribution in [0.15, 0.2) is 12.2 Å². The van der Waals surface area contributed by atoms with E-state index in [1.165, 1.54) is 0 Å². The molecule has 2 unspecified atom stereocenters. The van der Waals surface area contributed by atoms with Gasteiger partial charge in [-0.2, -0.15) is 0 Å². The van der Waals surface area contributed by atoms with Crippen LogP contribution >= 0.6 is 0 Å². The minimum atomic E-state index is -0.388. The van der Waals surface area contributed by atoms with Gasteiger partial charge >= 0.3 is 5.97 Å². The lowest BCUT2D eigenvalue weighted by Gasteiger charge is -2.38. The molecule has 2 rings (SSSR count). The first kappa shape index (κ1) is 9.71. The molecule has 78 valence electrons. The summed E-state index contributed by atoms with van der Waals surface area (Å²) in [6.07, 6.45) is 4.86. The van der Waals surface area contributed by atoms with Gasteiger partial charge in [0, 0.05) is 19.1 Å². The Morgan fingerprint density at radius 1 is 1.57 bits per heavy atom. The minimum absolute atomic E-state index is 0.0550. The second-order valence-corrected chi connectivity index (χ2v) is 4.20. The number of carbonyl (C=O) groups is 1. The van der Waals surface area contributed by atoms with Gasteiger partial charge in [-0.15, -0.1) is 0 Å². The van der Waals surface area contributed by atoms with Crippen LogP contribution in [0.4, 0.5) is 0 Å². The average molecular weight is 196 g/mol. The topological polar surface area (TPSA) is 35.5 Å². The van der Waals surface area contributed by atoms with E-state index < -0.39 is 0 Å². The lowest BCUT2D eigenvalue weighted by Crippen LogP contribution is -2.45. The summed E-state index contributed by atoms with van der Waals surface area (Å²) in [5, 5.41) is 0. The molecule has 0 aromatic rings. The third-order valence-corrected chi connectivity index (χ3v) is 3.28. The largest absolute Gasteiger partial charge is 0.453 e. The Kier molecular flexibility index (Phi) is 2.35. The molecule has 1 saturated heterocycles. The SMILES string of the molecule is C=C1CC2(CCCCC2OC)OC1=O. The molecule has 0 aromatic carbocycles. The van der Waals surface area contributed by atoms with Crippen molar-refractivity contribution in [3.8, 4) is 0 Å². The van der Waals surface area contributed by atoms with E-state index in [0.717, 1.165) is 25.7 Å². The number of esters is 1. The van der Waals surface area contributed by atoms with Crippen LogP contribution in [-0.4, -0.2) is 24.8 Å². The van der Waals surface area contributed by atoms with E-state index in [1.807, 2.05) is 0 Å². The van der Waals surface area contributed by atoms with E-state index in [-0.39, 0.29) is 17.7 Å². The Morgan fingerprint density at radius 3 is 2.93 bits per heavy atom. The maximum atomic E-state index is 11.3. The molecular weight excluding hydrogens is 180 g/mol. The van der Waals surface area contributed by atoms with Gasteiger partial charge in [-0.1, -0.05) is 13.0 Å². The zero-order valence-corrected chi connectivity index (χ0v) is 8.54. The lowest BCUT2D eigenvalue weighted by atomic mass is 9.79. The molecule has 1 aliphatic carbocycles. The van der Waals surface area contributed by atoms with Crippen LogP contribution in [0, 0.1) is 0 Å². The Hall–Kier alpha value is -0.830. The fourth-order valence-electron chi connectivity index (χ4n) is 2.56. The summed E-state index contributed by atoms with van der Waals surface area (Å²) >= 11 is 0. The zero-order valence-electron chi connectivity index (χ0n) is 8.54. The third kappa shape index (κ3) is 1.36. The number of hydrogen-bond acceptors (Lipinski definition) is 3. The van der Waals surface area contributed by atoms with Gasteiger partial charge < -0.3 is 9.47 Å². The van der Waals surface area contributed by atoms with Crippen molar-refractivity contribution in [1.29, 1.82) is 0 Å². The van der Waals surface area contributed by atoms with Crippen LogP contribution < -0.4 is 0 Å². The van der Waals surface area contributed by atoms with Gasteiger partial charge in [0.05, 0.1) is 6.10 Å². The first-order chi connectivity index (χ1) is 6.68. The quantitative estimate of drug-likeness (QED) is 0.474. The minimum Gasteiger partial charge on any atom is -0.453 e. The summed E-state index contributed by atoms with van der Waals surface area (Å²) in [4.78, 5) is 11.3. The molecule has 14 heavy (non-hydrogen) atoms. The van der Waals surface area contributed by atoms with Crippen molar-refractivity contribution in [2.24, 2.45) is 0 Å². The summed E-state index contributed by atoms with van der Waals surface area (Å²) < 4.78 is 10.8. The fraction of sp³-hybridized carbons (Fsp3) is 0.727. The highest BCUT2D eigenvalue weighted by atomic mass is 16.6. The molecule has 2 aliphatic rings. The predicted octanol–water partition coefficient (Wildman–Crippen LogP) is 1.82. The second-order valence-electron chi connectivity index (χ2n) is 4.20. The number of hydrogen-bond donors (Lipinski definition) is 0. The normalized spacial score (nSPS) is 37.6. The highest BCUT2D eigenvalue weighted by molar-refractivity contribution is 5.90. The van der Waals surface area contributed by atoms with Gasteiger partial charge in [0.25, 0.3) is 0 Å². The summed E-state index contributed by atoms with van der Waals surface area (Å²) in [6, 6.07) is 0. The summed E-state index contributed by atoms with van der Waals surface area (Å²) in [7, 11) is 1.69. The van der Waals surface area contributed by atoms with Gasteiger partial charge in [0.1, 0.15) is 5.60 Å². The molecule has 0 bridgehead atoms. The van der Waals surface area contributed by atoms with Gasteiger partial charge in [-0.25, -0.2) is 4.79 Å². The monoisotopic (exact) mass is 196 g/mol. The number of rotatable bonds is 1. The Balaban J connectivity index is 2.20. The van der Waals surface area contributed by atoms with Crippen LogP contribution in [-0.2, 0) is 14.3 Å². The van der Waals surface area contributed by atoms with Crippen molar-refractivity contribution < 1.29 is 14.3 Å². The molecule has 1 heterocycles. The van der Waals surface area contributed by atoms with Crippen molar-refractivity contribution in [2.45, 2.75) is 43.8 Å². The Labute approximate surface area is 84.1 Å². The average Bonchev–Trinajstić information content (AvgIpc) is 2.44. The zero-order chi connectivity index (χ0) is 10.2. The van der Waals surface area contributed by atoms with Crippen LogP contribution in [0.5, 0.6) is 0 Å². The van der Waals surface area contributed by atoms with E-state index in [2.05, 4.69) is 6.58 Å². The van der Waals surface area contributed by atoms with E-state index in [0.29, 0.717) is 12.0 Å². The molecule has 0 aromatic heterocycles. The van der Waals surface area contributed by atoms with Crippen molar-refractivity contribution >= 4 is 5.97 Å². The van der Waals surface area contributed by atoms with E-state index in [4.69, 9.17) is 9.47 Å². The summed E-state index contributed by atoms with van der Waals surface area (Å²) in [6.45, 7) is 3.72. The molecule has 0 amide bonds. The van der Waals surface area contributed by atoms with Crippen LogP contribution in [0.2, 0.25) is 0 Å². The predicted molar refractivity (Wildman–Crippen MR) is 51.8 cm³/mol. The van der Waals surface area contributed by atoms with Gasteiger partial charge in [-0.05, 0) is 19.3 Å². The van der Waals surface area contributed by atoms with E-state index in [1.54, 1.807) is 7.11 Å². The van der Waals surface area contributed by atoms with Crippen LogP contribution in [0.1, 0.15) is 32.1 Å². The van der Waals surface area contributed by atoms with E-state index >= 15 is 0 Å². The van der Waals surface area contributed by atoms with Gasteiger partial charge in [0.2, 0.25) is 0 Å². The van der Waals surface area contributed by atoms with Crippen molar-refractivity contribution in [3.63, 3.8) is 0 Å². The van der Waals surface area contributed by atoms with Gasteiger partial charge in [-0.3, -0.25) is 0 Å². The summed E-state index contributed by atoms with van der Waals surface area (Å²) in [5.41, 5.74) is 0.204. The maximum Gasteiger partial charge on any atom is 0.334 e. The number of ether oxygens (including phenoxy) is 2. The molecule has 1 aliphatic heterocycles. The maximum absolute atomic E-state index is 11.3. The molecular formula is C11H16O3. The molecule has 0 N–H and O–H groups in total. The van der Waals surface area contributed by atoms with Crippen LogP contribution in [0.3, 0.4) is 0 Å². The summed E-state index contributed by atoms with van der Waals surface area (Å²) in [5.74, 6) is -0.242. The van der Waals surface area contributed by atoms with Crippen molar-refractivity contribution in [2.75, 3.05) is 7.11 Å². The lowest BCUT2D eigenvalue weighted by molar-refractivity contribution is -0.166. The number of carbonyl (C=O) groups excluding carboxylic acids is 1. The Bertz CT molecular complexity index is 254. The Morgan fingerprint density at radius 2 is 2.36 bits per heavy atom. The fourth-order valence-corrected chi connectivity index (χ4v) is 2.56. The first-order valence-electron chi connectivity index (χ1n) is 5.12. The van der Waals surface area contributed by atoms with E-state index in [9.17, 15) is 4.79 Å². The standard InChI is InChI=1S/C11H16O3/c1-8-7-11(14-10(8)12)6-4-3-5-9(11)13-2/h9H,1,3-7H2,2H3.